The molecule has 1 saturated heterocycles. The van der Waals surface area contributed by atoms with E-state index in [0.717, 1.165) is 25.2 Å². The van der Waals surface area contributed by atoms with E-state index in [1.807, 2.05) is 13.0 Å². The standard InChI is InChI=1S/C18H19N9O2.CHF3/c1-2-19-16(28)11-3-4-13-15(23-11)27(10-5-6-26(13)8-10)18(29)25-17-20-7-12-14(24-17)22-9-21-12;2-1(3)4/h3-4,7,9-10H,2,5-6,8H2,1H3,(H,19,28)(H2,20,21,22,24,25,29);1H. The molecule has 0 spiro atoms. The molecule has 2 aliphatic heterocycles. The van der Waals surface area contributed by atoms with Crippen LogP contribution in [0.1, 0.15) is 23.8 Å². The third-order valence-electron chi connectivity index (χ3n) is 5.13. The van der Waals surface area contributed by atoms with Crippen molar-refractivity contribution in [3.8, 4) is 0 Å². The summed E-state index contributed by atoms with van der Waals surface area (Å²) >= 11 is 0. The topological polar surface area (TPSA) is 132 Å². The molecule has 5 rings (SSSR count). The summed E-state index contributed by atoms with van der Waals surface area (Å²) in [4.78, 5) is 49.1. The number of nitrogens with zero attached hydrogens (tertiary/aromatic N) is 6. The first-order chi connectivity index (χ1) is 15.9. The Kier molecular flexibility index (Phi) is 6.24. The predicted molar refractivity (Wildman–Crippen MR) is 113 cm³/mol. The van der Waals surface area contributed by atoms with Gasteiger partial charge in [0, 0.05) is 19.6 Å². The number of hydrogen-bond donors (Lipinski definition) is 3. The highest BCUT2D eigenvalue weighted by atomic mass is 19.4. The van der Waals surface area contributed by atoms with E-state index < -0.39 is 6.68 Å². The monoisotopic (exact) mass is 463 g/mol. The summed E-state index contributed by atoms with van der Waals surface area (Å²) in [5.74, 6) is 0.369. The molecule has 174 valence electrons. The lowest BCUT2D eigenvalue weighted by Gasteiger charge is -2.35. The zero-order valence-corrected chi connectivity index (χ0v) is 17.4. The van der Waals surface area contributed by atoms with Crippen LogP contribution in [0.5, 0.6) is 0 Å². The number of carbonyl (C=O) groups is 2. The number of anilines is 3. The van der Waals surface area contributed by atoms with Gasteiger partial charge in [-0.2, -0.15) is 18.2 Å². The summed E-state index contributed by atoms with van der Waals surface area (Å²) in [6.07, 6.45) is 3.91. The Balaban J connectivity index is 0.000000601. The van der Waals surface area contributed by atoms with Crippen molar-refractivity contribution in [2.24, 2.45) is 0 Å². The van der Waals surface area contributed by atoms with Crippen molar-refractivity contribution in [3.63, 3.8) is 0 Å². The quantitative estimate of drug-likeness (QED) is 0.543. The Labute approximate surface area is 185 Å². The Morgan fingerprint density at radius 1 is 1.24 bits per heavy atom. The minimum atomic E-state index is -3.67. The molecule has 5 heterocycles. The second-order valence-corrected chi connectivity index (χ2v) is 7.17. The molecule has 3 amide bonds. The summed E-state index contributed by atoms with van der Waals surface area (Å²) in [7, 11) is 0. The SMILES string of the molecule is CCNC(=O)c1ccc2c(n1)N(C(=O)Nc1ncc3[nH]cnc3n1)C1CCN2C1.FC(F)F. The summed E-state index contributed by atoms with van der Waals surface area (Å²) < 4.78 is 29.0. The third-order valence-corrected chi connectivity index (χ3v) is 5.13. The summed E-state index contributed by atoms with van der Waals surface area (Å²) in [5.41, 5.74) is 2.27. The van der Waals surface area contributed by atoms with Crippen LogP contribution in [0.25, 0.3) is 11.2 Å². The van der Waals surface area contributed by atoms with Gasteiger partial charge in [-0.25, -0.2) is 19.7 Å². The number of urea groups is 1. The second kappa shape index (κ2) is 9.26. The van der Waals surface area contributed by atoms with Gasteiger partial charge < -0.3 is 15.2 Å². The molecule has 0 saturated carbocycles. The number of halogens is 3. The van der Waals surface area contributed by atoms with Gasteiger partial charge in [0.05, 0.1) is 24.3 Å². The average Bonchev–Trinajstić information content (AvgIpc) is 3.41. The van der Waals surface area contributed by atoms with E-state index >= 15 is 0 Å². The zero-order chi connectivity index (χ0) is 23.5. The van der Waals surface area contributed by atoms with Crippen LogP contribution in [-0.2, 0) is 0 Å². The van der Waals surface area contributed by atoms with Crippen LogP contribution in [0, 0.1) is 0 Å². The average molecular weight is 463 g/mol. The lowest BCUT2D eigenvalue weighted by atomic mass is 10.1. The lowest BCUT2D eigenvalue weighted by molar-refractivity contribution is 0.00818. The van der Waals surface area contributed by atoms with E-state index in [2.05, 4.69) is 40.5 Å². The number of imidazole rings is 1. The van der Waals surface area contributed by atoms with Crippen LogP contribution in [-0.4, -0.2) is 69.2 Å². The number of aromatic amines is 1. The summed E-state index contributed by atoms with van der Waals surface area (Å²) in [6.45, 7) is 0.239. The van der Waals surface area contributed by atoms with Crippen LogP contribution in [0.15, 0.2) is 24.7 Å². The van der Waals surface area contributed by atoms with E-state index in [1.165, 1.54) is 6.33 Å². The number of carbonyl (C=O) groups excluding carboxylic acids is 2. The molecule has 1 unspecified atom stereocenters. The third kappa shape index (κ3) is 4.63. The fourth-order valence-electron chi connectivity index (χ4n) is 3.80. The van der Waals surface area contributed by atoms with Crippen molar-refractivity contribution in [1.82, 2.24) is 30.2 Å². The van der Waals surface area contributed by atoms with Gasteiger partial charge in [-0.05, 0) is 25.5 Å². The zero-order valence-electron chi connectivity index (χ0n) is 17.4. The van der Waals surface area contributed by atoms with Crippen LogP contribution in [0.4, 0.5) is 35.4 Å². The predicted octanol–water partition coefficient (Wildman–Crippen LogP) is 2.31. The van der Waals surface area contributed by atoms with Gasteiger partial charge in [0.2, 0.25) is 5.95 Å². The van der Waals surface area contributed by atoms with Gasteiger partial charge >= 0.3 is 12.7 Å². The Hall–Kier alpha value is -3.97. The number of hydrogen-bond acceptors (Lipinski definition) is 7. The van der Waals surface area contributed by atoms with E-state index in [-0.39, 0.29) is 29.6 Å². The molecular formula is C19H20F3N9O2. The van der Waals surface area contributed by atoms with Crippen molar-refractivity contribution < 1.29 is 22.8 Å². The normalized spacial score (nSPS) is 16.3. The molecule has 0 aliphatic carbocycles. The molecule has 2 aliphatic rings. The van der Waals surface area contributed by atoms with Gasteiger partial charge in [0.1, 0.15) is 11.2 Å². The molecule has 1 atom stereocenters. The van der Waals surface area contributed by atoms with Crippen molar-refractivity contribution >= 4 is 40.6 Å². The van der Waals surface area contributed by atoms with E-state index in [0.29, 0.717) is 23.5 Å². The first-order valence-electron chi connectivity index (χ1n) is 10.1. The fraction of sp³-hybridized carbons (Fsp3) is 0.368. The maximum absolute atomic E-state index is 13.1. The molecule has 14 heteroatoms. The molecule has 3 aromatic rings. The highest BCUT2D eigenvalue weighted by Gasteiger charge is 2.40. The first kappa shape index (κ1) is 22.2. The molecule has 11 nitrogen and oxygen atoms in total. The van der Waals surface area contributed by atoms with Crippen molar-refractivity contribution in [3.05, 3.63) is 30.4 Å². The number of alkyl halides is 3. The van der Waals surface area contributed by atoms with Crippen molar-refractivity contribution in [1.29, 1.82) is 0 Å². The van der Waals surface area contributed by atoms with E-state index in [4.69, 9.17) is 0 Å². The first-order valence-corrected chi connectivity index (χ1v) is 10.1. The molecule has 3 N–H and O–H groups in total. The molecular weight excluding hydrogens is 443 g/mol. The maximum Gasteiger partial charge on any atom is 0.379 e. The number of nitrogens with one attached hydrogen (secondary N) is 3. The highest BCUT2D eigenvalue weighted by Crippen LogP contribution is 2.39. The van der Waals surface area contributed by atoms with Gasteiger partial charge in [-0.1, -0.05) is 0 Å². The molecule has 1 fully saturated rings. The molecule has 33 heavy (non-hydrogen) atoms. The van der Waals surface area contributed by atoms with Crippen molar-refractivity contribution in [2.45, 2.75) is 26.1 Å². The van der Waals surface area contributed by atoms with Crippen LogP contribution in [0.3, 0.4) is 0 Å². The van der Waals surface area contributed by atoms with Gasteiger partial charge in [0.25, 0.3) is 5.91 Å². The lowest BCUT2D eigenvalue weighted by Crippen LogP contribution is -2.48. The highest BCUT2D eigenvalue weighted by molar-refractivity contribution is 6.04. The maximum atomic E-state index is 13.1. The number of rotatable bonds is 3. The fourth-order valence-corrected chi connectivity index (χ4v) is 3.80. The number of aromatic nitrogens is 5. The van der Waals surface area contributed by atoms with Gasteiger partial charge in [-0.15, -0.1) is 0 Å². The largest absolute Gasteiger partial charge is 0.379 e. The second-order valence-electron chi connectivity index (χ2n) is 7.17. The smallest absolute Gasteiger partial charge is 0.366 e. The minimum absolute atomic E-state index is 0.0337. The number of H-pyrrole nitrogens is 1. The minimum Gasteiger partial charge on any atom is -0.366 e. The van der Waals surface area contributed by atoms with Crippen LogP contribution in [0.2, 0.25) is 0 Å². The van der Waals surface area contributed by atoms with E-state index in [9.17, 15) is 22.8 Å². The number of amides is 3. The summed E-state index contributed by atoms with van der Waals surface area (Å²) in [5, 5.41) is 5.48. The summed E-state index contributed by atoms with van der Waals surface area (Å²) in [6, 6.07) is 3.12. The van der Waals surface area contributed by atoms with Gasteiger partial charge in [0.15, 0.2) is 11.5 Å². The van der Waals surface area contributed by atoms with Crippen LogP contribution >= 0.6 is 0 Å². The number of pyridine rings is 1. The molecule has 0 aromatic carbocycles. The molecule has 3 aromatic heterocycles. The number of fused-ring (bicyclic) bond motifs is 5. The van der Waals surface area contributed by atoms with Gasteiger partial charge in [-0.3, -0.25) is 15.0 Å². The molecule has 2 bridgehead atoms. The Bertz CT molecular complexity index is 1170. The van der Waals surface area contributed by atoms with E-state index in [1.54, 1.807) is 17.2 Å². The Morgan fingerprint density at radius 3 is 2.79 bits per heavy atom. The van der Waals surface area contributed by atoms with Crippen molar-refractivity contribution in [2.75, 3.05) is 34.8 Å². The Morgan fingerprint density at radius 2 is 2.03 bits per heavy atom. The molecule has 0 radical (unpaired) electrons. The van der Waals surface area contributed by atoms with Crippen LogP contribution < -0.4 is 20.4 Å².